The van der Waals surface area contributed by atoms with Gasteiger partial charge < -0.3 is 15.2 Å². The first-order valence-electron chi connectivity index (χ1n) is 5.56. The zero-order chi connectivity index (χ0) is 10.8. The lowest BCUT2D eigenvalue weighted by molar-refractivity contribution is 0.123. The summed E-state index contributed by atoms with van der Waals surface area (Å²) in [6.45, 7) is 10.0. The van der Waals surface area contributed by atoms with E-state index >= 15 is 0 Å². The van der Waals surface area contributed by atoms with Crippen molar-refractivity contribution in [3.63, 3.8) is 0 Å². The Kier molecular flexibility index (Phi) is 9.35. The minimum Gasteiger partial charge on any atom is -0.396 e. The van der Waals surface area contributed by atoms with Gasteiger partial charge in [-0.05, 0) is 24.8 Å². The van der Waals surface area contributed by atoms with E-state index in [1.54, 1.807) is 0 Å². The third-order valence-electron chi connectivity index (χ3n) is 2.07. The summed E-state index contributed by atoms with van der Waals surface area (Å²) in [5, 5.41) is 12.0. The Morgan fingerprint density at radius 3 is 2.50 bits per heavy atom. The summed E-state index contributed by atoms with van der Waals surface area (Å²) in [6, 6.07) is 0. The van der Waals surface area contributed by atoms with Gasteiger partial charge >= 0.3 is 0 Å². The molecule has 0 fully saturated rings. The number of hydrogen-bond donors (Lipinski definition) is 2. The molecule has 0 heterocycles. The van der Waals surface area contributed by atoms with Gasteiger partial charge in [0.05, 0.1) is 6.61 Å². The minimum atomic E-state index is 0.251. The predicted molar refractivity (Wildman–Crippen MR) is 59.4 cm³/mol. The Balaban J connectivity index is 2.99. The molecule has 3 heteroatoms. The molecule has 0 aliphatic carbocycles. The summed E-state index contributed by atoms with van der Waals surface area (Å²) in [7, 11) is 0. The first-order valence-corrected chi connectivity index (χ1v) is 5.56. The molecule has 0 saturated heterocycles. The molecule has 1 unspecified atom stereocenters. The van der Waals surface area contributed by atoms with Crippen molar-refractivity contribution in [1.82, 2.24) is 5.32 Å². The molecule has 3 nitrogen and oxygen atoms in total. The summed E-state index contributed by atoms with van der Waals surface area (Å²) < 4.78 is 5.43. The van der Waals surface area contributed by atoms with Crippen molar-refractivity contribution in [3.8, 4) is 0 Å². The fourth-order valence-corrected chi connectivity index (χ4v) is 0.978. The van der Waals surface area contributed by atoms with E-state index in [2.05, 4.69) is 19.2 Å². The minimum absolute atomic E-state index is 0.251. The number of rotatable bonds is 9. The Labute approximate surface area is 87.8 Å². The predicted octanol–water partition coefficient (Wildman–Crippen LogP) is 1.27. The molecule has 0 aliphatic heterocycles. The molecule has 1 atom stereocenters. The summed E-state index contributed by atoms with van der Waals surface area (Å²) in [5.74, 6) is 1.06. The SMILES string of the molecule is CC(C)CCOCCNCC(C)CO. The van der Waals surface area contributed by atoms with Gasteiger partial charge in [-0.1, -0.05) is 20.8 Å². The lowest BCUT2D eigenvalue weighted by atomic mass is 10.1. The number of nitrogens with one attached hydrogen (secondary N) is 1. The van der Waals surface area contributed by atoms with Crippen LogP contribution in [0.15, 0.2) is 0 Å². The second-order valence-corrected chi connectivity index (χ2v) is 4.29. The van der Waals surface area contributed by atoms with E-state index in [-0.39, 0.29) is 6.61 Å². The maximum absolute atomic E-state index is 8.77. The summed E-state index contributed by atoms with van der Waals surface area (Å²) in [6.07, 6.45) is 1.13. The Morgan fingerprint density at radius 1 is 1.21 bits per heavy atom. The number of aliphatic hydroxyl groups is 1. The maximum atomic E-state index is 8.77. The Hall–Kier alpha value is -0.120. The molecule has 0 rings (SSSR count). The molecular formula is C11H25NO2. The highest BCUT2D eigenvalue weighted by Gasteiger charge is 1.98. The van der Waals surface area contributed by atoms with Gasteiger partial charge in [0.25, 0.3) is 0 Å². The molecule has 0 spiro atoms. The van der Waals surface area contributed by atoms with Crippen molar-refractivity contribution in [2.75, 3.05) is 32.9 Å². The van der Waals surface area contributed by atoms with Gasteiger partial charge in [0.15, 0.2) is 0 Å². The molecule has 0 bridgehead atoms. The van der Waals surface area contributed by atoms with Gasteiger partial charge in [0, 0.05) is 19.8 Å². The molecule has 0 saturated carbocycles. The maximum Gasteiger partial charge on any atom is 0.0590 e. The standard InChI is InChI=1S/C11H25NO2/c1-10(2)4-6-14-7-5-12-8-11(3)9-13/h10-13H,4-9H2,1-3H3. The molecule has 0 amide bonds. The fourth-order valence-electron chi connectivity index (χ4n) is 0.978. The number of hydrogen-bond acceptors (Lipinski definition) is 3. The Bertz CT molecular complexity index is 118. The van der Waals surface area contributed by atoms with Crippen LogP contribution in [0.1, 0.15) is 27.2 Å². The van der Waals surface area contributed by atoms with E-state index in [1.165, 1.54) is 0 Å². The molecular weight excluding hydrogens is 178 g/mol. The quantitative estimate of drug-likeness (QED) is 0.554. The van der Waals surface area contributed by atoms with E-state index in [1.807, 2.05) is 6.92 Å². The van der Waals surface area contributed by atoms with Gasteiger partial charge in [0.1, 0.15) is 0 Å². The zero-order valence-electron chi connectivity index (χ0n) is 9.75. The first kappa shape index (κ1) is 13.9. The lowest BCUT2D eigenvalue weighted by Gasteiger charge is -2.10. The third kappa shape index (κ3) is 9.96. The highest BCUT2D eigenvalue weighted by Crippen LogP contribution is 1.98. The van der Waals surface area contributed by atoms with Crippen LogP contribution in [-0.4, -0.2) is 38.0 Å². The average Bonchev–Trinajstić information content (AvgIpc) is 2.15. The molecule has 0 aromatic carbocycles. The topological polar surface area (TPSA) is 41.5 Å². The van der Waals surface area contributed by atoms with Gasteiger partial charge in [0.2, 0.25) is 0 Å². The van der Waals surface area contributed by atoms with Gasteiger partial charge in [-0.3, -0.25) is 0 Å². The van der Waals surface area contributed by atoms with Crippen molar-refractivity contribution in [2.45, 2.75) is 27.2 Å². The molecule has 2 N–H and O–H groups in total. The van der Waals surface area contributed by atoms with Crippen molar-refractivity contribution in [2.24, 2.45) is 11.8 Å². The van der Waals surface area contributed by atoms with Crippen LogP contribution in [-0.2, 0) is 4.74 Å². The van der Waals surface area contributed by atoms with Crippen LogP contribution < -0.4 is 5.32 Å². The van der Waals surface area contributed by atoms with E-state index in [9.17, 15) is 0 Å². The number of ether oxygens (including phenoxy) is 1. The monoisotopic (exact) mass is 203 g/mol. The summed E-state index contributed by atoms with van der Waals surface area (Å²) in [4.78, 5) is 0. The molecule has 86 valence electrons. The molecule has 0 aliphatic rings. The van der Waals surface area contributed by atoms with E-state index < -0.39 is 0 Å². The second kappa shape index (κ2) is 9.44. The van der Waals surface area contributed by atoms with Crippen LogP contribution in [0.2, 0.25) is 0 Å². The van der Waals surface area contributed by atoms with Crippen molar-refractivity contribution >= 4 is 0 Å². The highest BCUT2D eigenvalue weighted by atomic mass is 16.5. The van der Waals surface area contributed by atoms with Crippen molar-refractivity contribution in [1.29, 1.82) is 0 Å². The summed E-state index contributed by atoms with van der Waals surface area (Å²) >= 11 is 0. The lowest BCUT2D eigenvalue weighted by Crippen LogP contribution is -2.26. The highest BCUT2D eigenvalue weighted by molar-refractivity contribution is 4.54. The largest absolute Gasteiger partial charge is 0.396 e. The normalized spacial score (nSPS) is 13.5. The molecule has 0 radical (unpaired) electrons. The van der Waals surface area contributed by atoms with Crippen molar-refractivity contribution < 1.29 is 9.84 Å². The van der Waals surface area contributed by atoms with Crippen LogP contribution >= 0.6 is 0 Å². The second-order valence-electron chi connectivity index (χ2n) is 4.29. The number of aliphatic hydroxyl groups excluding tert-OH is 1. The van der Waals surface area contributed by atoms with Crippen LogP contribution in [0.25, 0.3) is 0 Å². The van der Waals surface area contributed by atoms with E-state index in [0.29, 0.717) is 5.92 Å². The van der Waals surface area contributed by atoms with Gasteiger partial charge in [-0.25, -0.2) is 0 Å². The van der Waals surface area contributed by atoms with Crippen LogP contribution in [0.5, 0.6) is 0 Å². The summed E-state index contributed by atoms with van der Waals surface area (Å²) in [5.41, 5.74) is 0. The van der Waals surface area contributed by atoms with E-state index in [0.717, 1.165) is 38.6 Å². The zero-order valence-corrected chi connectivity index (χ0v) is 9.75. The van der Waals surface area contributed by atoms with Gasteiger partial charge in [-0.2, -0.15) is 0 Å². The molecule has 14 heavy (non-hydrogen) atoms. The first-order chi connectivity index (χ1) is 6.66. The van der Waals surface area contributed by atoms with Gasteiger partial charge in [-0.15, -0.1) is 0 Å². The van der Waals surface area contributed by atoms with Crippen LogP contribution in [0.4, 0.5) is 0 Å². The van der Waals surface area contributed by atoms with E-state index in [4.69, 9.17) is 9.84 Å². The van der Waals surface area contributed by atoms with Crippen LogP contribution in [0.3, 0.4) is 0 Å². The molecule has 0 aromatic heterocycles. The average molecular weight is 203 g/mol. The third-order valence-corrected chi connectivity index (χ3v) is 2.07. The van der Waals surface area contributed by atoms with Crippen molar-refractivity contribution in [3.05, 3.63) is 0 Å². The Morgan fingerprint density at radius 2 is 1.93 bits per heavy atom. The fraction of sp³-hybridized carbons (Fsp3) is 1.00. The van der Waals surface area contributed by atoms with Crippen LogP contribution in [0, 0.1) is 11.8 Å². The smallest absolute Gasteiger partial charge is 0.0590 e. The molecule has 0 aromatic rings.